The van der Waals surface area contributed by atoms with E-state index in [4.69, 9.17) is 0 Å². The smallest absolute Gasteiger partial charge is 0.0374 e. The SMILES string of the molecule is CCc1ccccc1NC1CC2CCC1(C)C2(C)C. The van der Waals surface area contributed by atoms with Crippen LogP contribution in [0.4, 0.5) is 5.69 Å². The molecule has 1 nitrogen and oxygen atoms in total. The number of aryl methyl sites for hydroxylation is 1. The van der Waals surface area contributed by atoms with Gasteiger partial charge in [0.25, 0.3) is 0 Å². The minimum absolute atomic E-state index is 0.457. The lowest BCUT2D eigenvalue weighted by Crippen LogP contribution is -2.40. The fraction of sp³-hybridized carbons (Fsp3) is 0.667. The fourth-order valence-electron chi connectivity index (χ4n) is 4.58. The lowest BCUT2D eigenvalue weighted by molar-refractivity contribution is 0.142. The molecule has 0 aromatic heterocycles. The molecule has 0 amide bonds. The summed E-state index contributed by atoms with van der Waals surface area (Å²) in [5, 5.41) is 3.89. The average Bonchev–Trinajstić information content (AvgIpc) is 2.72. The van der Waals surface area contributed by atoms with Gasteiger partial charge in [0.2, 0.25) is 0 Å². The predicted molar refractivity (Wildman–Crippen MR) is 82.5 cm³/mol. The van der Waals surface area contributed by atoms with Crippen LogP contribution in [0.25, 0.3) is 0 Å². The Balaban J connectivity index is 1.86. The first-order valence-corrected chi connectivity index (χ1v) is 7.83. The maximum absolute atomic E-state index is 3.89. The summed E-state index contributed by atoms with van der Waals surface area (Å²) >= 11 is 0. The largest absolute Gasteiger partial charge is 0.382 e. The highest BCUT2D eigenvalue weighted by Gasteiger charge is 2.61. The third kappa shape index (κ3) is 1.74. The van der Waals surface area contributed by atoms with Gasteiger partial charge in [0.1, 0.15) is 0 Å². The van der Waals surface area contributed by atoms with Crippen molar-refractivity contribution in [1.29, 1.82) is 0 Å². The quantitative estimate of drug-likeness (QED) is 0.814. The van der Waals surface area contributed by atoms with Gasteiger partial charge in [0.15, 0.2) is 0 Å². The van der Waals surface area contributed by atoms with E-state index in [1.807, 2.05) is 0 Å². The first-order chi connectivity index (χ1) is 8.99. The van der Waals surface area contributed by atoms with Crippen LogP contribution in [0.1, 0.15) is 52.5 Å². The van der Waals surface area contributed by atoms with Crippen LogP contribution >= 0.6 is 0 Å². The van der Waals surface area contributed by atoms with E-state index in [-0.39, 0.29) is 0 Å². The first kappa shape index (κ1) is 13.0. The molecule has 3 atom stereocenters. The van der Waals surface area contributed by atoms with Crippen molar-refractivity contribution in [3.63, 3.8) is 0 Å². The molecule has 2 aliphatic carbocycles. The number of benzene rings is 1. The Labute approximate surface area is 117 Å². The highest BCUT2D eigenvalue weighted by atomic mass is 15.0. The zero-order chi connectivity index (χ0) is 13.7. The fourth-order valence-corrected chi connectivity index (χ4v) is 4.58. The standard InChI is InChI=1S/C18H27N/c1-5-13-8-6-7-9-15(13)19-16-12-14-10-11-18(16,4)17(14,2)3/h6-9,14,16,19H,5,10-12H2,1-4H3. The van der Waals surface area contributed by atoms with Gasteiger partial charge in [-0.25, -0.2) is 0 Å². The predicted octanol–water partition coefficient (Wildman–Crippen LogP) is 4.88. The van der Waals surface area contributed by atoms with Crippen LogP contribution in [0.3, 0.4) is 0 Å². The molecular weight excluding hydrogens is 230 g/mol. The average molecular weight is 257 g/mol. The molecule has 2 fully saturated rings. The number of hydrogen-bond donors (Lipinski definition) is 1. The van der Waals surface area contributed by atoms with Crippen LogP contribution in [-0.2, 0) is 6.42 Å². The van der Waals surface area contributed by atoms with Crippen LogP contribution in [0.2, 0.25) is 0 Å². The third-order valence-corrected chi connectivity index (χ3v) is 6.52. The van der Waals surface area contributed by atoms with Gasteiger partial charge in [-0.2, -0.15) is 0 Å². The molecule has 0 aliphatic heterocycles. The van der Waals surface area contributed by atoms with Crippen LogP contribution in [0.5, 0.6) is 0 Å². The maximum Gasteiger partial charge on any atom is 0.0374 e. The van der Waals surface area contributed by atoms with Crippen molar-refractivity contribution in [1.82, 2.24) is 0 Å². The first-order valence-electron chi connectivity index (χ1n) is 7.83. The van der Waals surface area contributed by atoms with Crippen molar-refractivity contribution in [2.75, 3.05) is 5.32 Å². The van der Waals surface area contributed by atoms with E-state index >= 15 is 0 Å². The molecule has 1 aromatic rings. The summed E-state index contributed by atoms with van der Waals surface area (Å²) in [7, 11) is 0. The molecule has 0 saturated heterocycles. The zero-order valence-electron chi connectivity index (χ0n) is 12.8. The molecule has 1 aromatic carbocycles. The second kappa shape index (κ2) is 4.26. The molecule has 1 N–H and O–H groups in total. The number of nitrogens with one attached hydrogen (secondary N) is 1. The number of hydrogen-bond acceptors (Lipinski definition) is 1. The van der Waals surface area contributed by atoms with E-state index in [9.17, 15) is 0 Å². The Morgan fingerprint density at radius 3 is 2.53 bits per heavy atom. The van der Waals surface area contributed by atoms with E-state index in [1.165, 1.54) is 30.5 Å². The Morgan fingerprint density at radius 2 is 1.95 bits per heavy atom. The molecule has 0 heterocycles. The molecule has 19 heavy (non-hydrogen) atoms. The number of para-hydroxylation sites is 1. The van der Waals surface area contributed by atoms with Crippen LogP contribution in [0.15, 0.2) is 24.3 Å². The van der Waals surface area contributed by atoms with Gasteiger partial charge in [0, 0.05) is 11.7 Å². The lowest BCUT2D eigenvalue weighted by Gasteiger charge is -2.40. The third-order valence-electron chi connectivity index (χ3n) is 6.52. The summed E-state index contributed by atoms with van der Waals surface area (Å²) in [6.07, 6.45) is 5.27. The van der Waals surface area contributed by atoms with Gasteiger partial charge in [-0.3, -0.25) is 0 Å². The minimum Gasteiger partial charge on any atom is -0.382 e. The van der Waals surface area contributed by atoms with Gasteiger partial charge < -0.3 is 5.32 Å². The van der Waals surface area contributed by atoms with Gasteiger partial charge >= 0.3 is 0 Å². The normalized spacial score (nSPS) is 35.6. The number of rotatable bonds is 3. The number of anilines is 1. The second-order valence-corrected chi connectivity index (χ2v) is 7.32. The van der Waals surface area contributed by atoms with E-state index in [0.29, 0.717) is 16.9 Å². The number of fused-ring (bicyclic) bond motifs is 2. The molecule has 3 rings (SSSR count). The lowest BCUT2D eigenvalue weighted by atomic mass is 9.69. The van der Waals surface area contributed by atoms with E-state index in [2.05, 4.69) is 57.3 Å². The molecule has 2 bridgehead atoms. The van der Waals surface area contributed by atoms with Crippen molar-refractivity contribution < 1.29 is 0 Å². The molecular formula is C18H27N. The molecule has 0 spiro atoms. The summed E-state index contributed by atoms with van der Waals surface area (Å²) in [4.78, 5) is 0. The van der Waals surface area contributed by atoms with Crippen molar-refractivity contribution in [2.24, 2.45) is 16.7 Å². The van der Waals surface area contributed by atoms with Gasteiger partial charge in [-0.1, -0.05) is 45.9 Å². The summed E-state index contributed by atoms with van der Waals surface area (Å²) < 4.78 is 0. The summed E-state index contributed by atoms with van der Waals surface area (Å²) in [5.74, 6) is 0.906. The molecule has 2 aliphatic rings. The van der Waals surface area contributed by atoms with Crippen molar-refractivity contribution >= 4 is 5.69 Å². The Morgan fingerprint density at radius 1 is 1.21 bits per heavy atom. The monoisotopic (exact) mass is 257 g/mol. The minimum atomic E-state index is 0.457. The maximum atomic E-state index is 3.89. The van der Waals surface area contributed by atoms with Crippen molar-refractivity contribution in [3.8, 4) is 0 Å². The highest BCUT2D eigenvalue weighted by molar-refractivity contribution is 5.52. The molecule has 104 valence electrons. The molecule has 0 radical (unpaired) electrons. The van der Waals surface area contributed by atoms with Gasteiger partial charge in [-0.05, 0) is 54.1 Å². The summed E-state index contributed by atoms with van der Waals surface area (Å²) in [6.45, 7) is 9.72. The molecule has 2 saturated carbocycles. The van der Waals surface area contributed by atoms with E-state index in [1.54, 1.807) is 0 Å². The van der Waals surface area contributed by atoms with Crippen molar-refractivity contribution in [3.05, 3.63) is 29.8 Å². The molecule has 3 unspecified atom stereocenters. The Bertz CT molecular complexity index is 476. The van der Waals surface area contributed by atoms with Gasteiger partial charge in [-0.15, -0.1) is 0 Å². The Kier molecular flexibility index (Phi) is 2.92. The highest BCUT2D eigenvalue weighted by Crippen LogP contribution is 2.65. The van der Waals surface area contributed by atoms with Gasteiger partial charge in [0.05, 0.1) is 0 Å². The molecule has 1 heteroatoms. The van der Waals surface area contributed by atoms with Crippen LogP contribution in [-0.4, -0.2) is 6.04 Å². The Hall–Kier alpha value is -0.980. The summed E-state index contributed by atoms with van der Waals surface area (Å²) in [6, 6.07) is 9.46. The van der Waals surface area contributed by atoms with Crippen LogP contribution < -0.4 is 5.32 Å². The summed E-state index contributed by atoms with van der Waals surface area (Å²) in [5.41, 5.74) is 3.76. The van der Waals surface area contributed by atoms with E-state index in [0.717, 1.165) is 12.3 Å². The van der Waals surface area contributed by atoms with Crippen LogP contribution in [0, 0.1) is 16.7 Å². The van der Waals surface area contributed by atoms with E-state index < -0.39 is 0 Å². The topological polar surface area (TPSA) is 12.0 Å². The zero-order valence-corrected chi connectivity index (χ0v) is 12.8. The second-order valence-electron chi connectivity index (χ2n) is 7.32. The van der Waals surface area contributed by atoms with Crippen molar-refractivity contribution in [2.45, 2.75) is 59.4 Å².